The van der Waals surface area contributed by atoms with Crippen LogP contribution in [0.1, 0.15) is 23.3 Å². The summed E-state index contributed by atoms with van der Waals surface area (Å²) < 4.78 is 0. The van der Waals surface area contributed by atoms with E-state index >= 15 is 0 Å². The van der Waals surface area contributed by atoms with Crippen LogP contribution >= 0.6 is 11.8 Å². The minimum Gasteiger partial charge on any atom is -0.197 e. The van der Waals surface area contributed by atoms with Gasteiger partial charge in [-0.25, -0.2) is 0 Å². The van der Waals surface area contributed by atoms with Crippen molar-refractivity contribution in [1.82, 2.24) is 0 Å². The molecule has 0 N–H and O–H groups in total. The van der Waals surface area contributed by atoms with Crippen molar-refractivity contribution in [2.24, 2.45) is 0 Å². The zero-order valence-corrected chi connectivity index (χ0v) is 11.1. The summed E-state index contributed by atoms with van der Waals surface area (Å²) in [6.45, 7) is 1.95. The Balaban J connectivity index is 2.33. The zero-order valence-electron chi connectivity index (χ0n) is 10.3. The molecule has 0 heterocycles. The van der Waals surface area contributed by atoms with Crippen molar-refractivity contribution < 1.29 is 0 Å². The van der Waals surface area contributed by atoms with Crippen LogP contribution in [0, 0.1) is 11.3 Å². The summed E-state index contributed by atoms with van der Waals surface area (Å²) in [5.41, 5.74) is 2.49. The van der Waals surface area contributed by atoms with Gasteiger partial charge in [0.2, 0.25) is 0 Å². The largest absolute Gasteiger partial charge is 0.197 e. The topological polar surface area (TPSA) is 23.8 Å². The molecule has 2 heteroatoms. The SMILES string of the molecule is CC(C#N)SC(c1ccccc1)c1ccccc1. The molecule has 0 saturated heterocycles. The average Bonchev–Trinajstić information content (AvgIpc) is 2.46. The van der Waals surface area contributed by atoms with Gasteiger partial charge in [0.1, 0.15) is 0 Å². The average molecular weight is 253 g/mol. The number of hydrogen-bond acceptors (Lipinski definition) is 2. The summed E-state index contributed by atoms with van der Waals surface area (Å²) in [7, 11) is 0. The lowest BCUT2D eigenvalue weighted by molar-refractivity contribution is 1.13. The number of benzene rings is 2. The van der Waals surface area contributed by atoms with E-state index in [1.807, 2.05) is 43.3 Å². The Morgan fingerprint density at radius 2 is 1.33 bits per heavy atom. The summed E-state index contributed by atoms with van der Waals surface area (Å²) in [6.07, 6.45) is 0. The molecule has 0 aliphatic heterocycles. The molecule has 0 radical (unpaired) electrons. The van der Waals surface area contributed by atoms with Crippen LogP contribution in [-0.2, 0) is 0 Å². The number of thioether (sulfide) groups is 1. The van der Waals surface area contributed by atoms with Crippen LogP contribution in [0.5, 0.6) is 0 Å². The molecule has 0 spiro atoms. The van der Waals surface area contributed by atoms with Crippen LogP contribution in [0.25, 0.3) is 0 Å². The van der Waals surface area contributed by atoms with Gasteiger partial charge in [0.25, 0.3) is 0 Å². The van der Waals surface area contributed by atoms with Gasteiger partial charge in [0, 0.05) is 0 Å². The van der Waals surface area contributed by atoms with Crippen LogP contribution in [-0.4, -0.2) is 5.25 Å². The quantitative estimate of drug-likeness (QED) is 0.805. The maximum absolute atomic E-state index is 9.01. The van der Waals surface area contributed by atoms with E-state index < -0.39 is 0 Å². The van der Waals surface area contributed by atoms with E-state index in [1.165, 1.54) is 11.1 Å². The Kier molecular flexibility index (Phi) is 4.44. The molecular formula is C16H15NS. The molecule has 0 fully saturated rings. The van der Waals surface area contributed by atoms with Gasteiger partial charge < -0.3 is 0 Å². The summed E-state index contributed by atoms with van der Waals surface area (Å²) in [6, 6.07) is 23.0. The van der Waals surface area contributed by atoms with Crippen molar-refractivity contribution in [3.05, 3.63) is 71.8 Å². The molecule has 0 aliphatic carbocycles. The lowest BCUT2D eigenvalue weighted by Crippen LogP contribution is -2.02. The second-order valence-electron chi connectivity index (χ2n) is 4.11. The van der Waals surface area contributed by atoms with E-state index in [9.17, 15) is 0 Å². The van der Waals surface area contributed by atoms with Gasteiger partial charge in [-0.15, -0.1) is 11.8 Å². The molecule has 18 heavy (non-hydrogen) atoms. The molecule has 0 saturated carbocycles. The molecule has 0 aromatic heterocycles. The minimum absolute atomic E-state index is 0.0181. The Morgan fingerprint density at radius 3 is 1.72 bits per heavy atom. The first-order valence-electron chi connectivity index (χ1n) is 5.96. The Bertz CT molecular complexity index is 476. The molecule has 0 aliphatic rings. The highest BCUT2D eigenvalue weighted by molar-refractivity contribution is 8.00. The third-order valence-electron chi connectivity index (χ3n) is 2.73. The van der Waals surface area contributed by atoms with Gasteiger partial charge >= 0.3 is 0 Å². The van der Waals surface area contributed by atoms with Crippen molar-refractivity contribution in [3.8, 4) is 6.07 Å². The fraction of sp³-hybridized carbons (Fsp3) is 0.188. The highest BCUT2D eigenvalue weighted by atomic mass is 32.2. The van der Waals surface area contributed by atoms with Crippen molar-refractivity contribution in [1.29, 1.82) is 5.26 Å². The zero-order chi connectivity index (χ0) is 12.8. The second-order valence-corrected chi connectivity index (χ2v) is 5.56. The summed E-state index contributed by atoms with van der Waals surface area (Å²) in [5.74, 6) is 0. The highest BCUT2D eigenvalue weighted by Gasteiger charge is 2.17. The van der Waals surface area contributed by atoms with Crippen LogP contribution in [0.4, 0.5) is 0 Å². The molecule has 1 unspecified atom stereocenters. The maximum Gasteiger partial charge on any atom is 0.0898 e. The van der Waals surface area contributed by atoms with Crippen LogP contribution < -0.4 is 0 Å². The van der Waals surface area contributed by atoms with Crippen LogP contribution in [0.2, 0.25) is 0 Å². The monoisotopic (exact) mass is 253 g/mol. The van der Waals surface area contributed by atoms with Gasteiger partial charge in [-0.3, -0.25) is 0 Å². The normalized spacial score (nSPS) is 12.1. The van der Waals surface area contributed by atoms with Crippen molar-refractivity contribution in [3.63, 3.8) is 0 Å². The number of rotatable bonds is 4. The third kappa shape index (κ3) is 3.15. The molecule has 1 nitrogen and oxygen atoms in total. The first-order valence-corrected chi connectivity index (χ1v) is 6.90. The lowest BCUT2D eigenvalue weighted by Gasteiger charge is -2.18. The van der Waals surface area contributed by atoms with E-state index in [-0.39, 0.29) is 10.5 Å². The maximum atomic E-state index is 9.01. The van der Waals surface area contributed by atoms with Crippen molar-refractivity contribution >= 4 is 11.8 Å². The fourth-order valence-corrected chi connectivity index (χ4v) is 2.94. The van der Waals surface area contributed by atoms with E-state index in [4.69, 9.17) is 5.26 Å². The highest BCUT2D eigenvalue weighted by Crippen LogP contribution is 2.37. The molecule has 2 aromatic rings. The van der Waals surface area contributed by atoms with E-state index in [2.05, 4.69) is 30.3 Å². The molecule has 0 amide bonds. The lowest BCUT2D eigenvalue weighted by atomic mass is 10.0. The third-order valence-corrected chi connectivity index (χ3v) is 4.06. The van der Waals surface area contributed by atoms with E-state index in [0.717, 1.165) is 0 Å². The summed E-state index contributed by atoms with van der Waals surface area (Å²) in [5, 5.41) is 9.21. The fourth-order valence-electron chi connectivity index (χ4n) is 1.84. The van der Waals surface area contributed by atoms with E-state index in [1.54, 1.807) is 11.8 Å². The number of hydrogen-bond donors (Lipinski definition) is 0. The molecule has 1 atom stereocenters. The van der Waals surface area contributed by atoms with Gasteiger partial charge in [-0.05, 0) is 18.1 Å². The predicted molar refractivity (Wildman–Crippen MR) is 77.4 cm³/mol. The number of nitriles is 1. The predicted octanol–water partition coefficient (Wildman–Crippen LogP) is 4.42. The van der Waals surface area contributed by atoms with Crippen LogP contribution in [0.15, 0.2) is 60.7 Å². The second kappa shape index (κ2) is 6.28. The van der Waals surface area contributed by atoms with Gasteiger partial charge in [-0.1, -0.05) is 60.7 Å². The Labute approximate surface area is 112 Å². The van der Waals surface area contributed by atoms with Gasteiger partial charge in [0.05, 0.1) is 16.6 Å². The molecular weight excluding hydrogens is 238 g/mol. The first kappa shape index (κ1) is 12.7. The summed E-state index contributed by atoms with van der Waals surface area (Å²) >= 11 is 1.69. The Morgan fingerprint density at radius 1 is 0.889 bits per heavy atom. The van der Waals surface area contributed by atoms with E-state index in [0.29, 0.717) is 0 Å². The smallest absolute Gasteiger partial charge is 0.0898 e. The minimum atomic E-state index is -0.0181. The first-order chi connectivity index (χ1) is 8.81. The molecule has 2 aromatic carbocycles. The standard InChI is InChI=1S/C16H15NS/c1-13(12-17)18-16(14-8-4-2-5-9-14)15-10-6-3-7-11-15/h2-11,13,16H,1H3. The molecule has 90 valence electrons. The number of nitrogens with zero attached hydrogens (tertiary/aromatic N) is 1. The van der Waals surface area contributed by atoms with Gasteiger partial charge in [0.15, 0.2) is 0 Å². The van der Waals surface area contributed by atoms with Crippen molar-refractivity contribution in [2.45, 2.75) is 17.4 Å². The molecule has 0 bridgehead atoms. The van der Waals surface area contributed by atoms with Crippen LogP contribution in [0.3, 0.4) is 0 Å². The summed E-state index contributed by atoms with van der Waals surface area (Å²) in [4.78, 5) is 0. The molecule has 2 rings (SSSR count). The van der Waals surface area contributed by atoms with Gasteiger partial charge in [-0.2, -0.15) is 5.26 Å². The Hall–Kier alpha value is -1.72. The van der Waals surface area contributed by atoms with Crippen molar-refractivity contribution in [2.75, 3.05) is 0 Å².